The third-order valence-electron chi connectivity index (χ3n) is 3.64. The number of hydrogen-bond acceptors (Lipinski definition) is 2. The van der Waals surface area contributed by atoms with Crippen LogP contribution in [-0.2, 0) is 4.53 Å². The van der Waals surface area contributed by atoms with Gasteiger partial charge in [-0.05, 0) is 37.9 Å². The number of rotatable bonds is 2. The van der Waals surface area contributed by atoms with Gasteiger partial charge in [-0.15, -0.1) is 0 Å². The van der Waals surface area contributed by atoms with Crippen LogP contribution in [0.5, 0.6) is 0 Å². The summed E-state index contributed by atoms with van der Waals surface area (Å²) in [6.07, 6.45) is 2.57. The van der Waals surface area contributed by atoms with E-state index in [0.717, 1.165) is 6.54 Å². The number of hydrogen-bond donors (Lipinski definition) is 0. The van der Waals surface area contributed by atoms with E-state index in [2.05, 4.69) is 45.9 Å². The average Bonchev–Trinajstić information content (AvgIpc) is 2.33. The van der Waals surface area contributed by atoms with E-state index in [-0.39, 0.29) is 0 Å². The third-order valence-corrected chi connectivity index (χ3v) is 7.95. The fourth-order valence-corrected chi connectivity index (χ4v) is 2.60. The summed E-state index contributed by atoms with van der Waals surface area (Å²) < 4.78 is 6.25. The van der Waals surface area contributed by atoms with Gasteiger partial charge >= 0.3 is 0 Å². The molecule has 1 aliphatic rings. The second-order valence-electron chi connectivity index (χ2n) is 5.98. The molecular formula is C11H25NOSi. The third kappa shape index (κ3) is 2.58. The fourth-order valence-electron chi connectivity index (χ4n) is 1.47. The van der Waals surface area contributed by atoms with E-state index in [4.69, 9.17) is 4.53 Å². The smallest absolute Gasteiger partial charge is 0.220 e. The maximum absolute atomic E-state index is 6.25. The topological polar surface area (TPSA) is 12.5 Å². The fraction of sp³-hybridized carbons (Fsp3) is 1.00. The minimum Gasteiger partial charge on any atom is -0.342 e. The highest BCUT2D eigenvalue weighted by Gasteiger charge is 2.41. The first-order valence-electron chi connectivity index (χ1n) is 5.70. The summed E-state index contributed by atoms with van der Waals surface area (Å²) in [5.74, 6) is 0. The summed E-state index contributed by atoms with van der Waals surface area (Å²) in [4.78, 5) is 0. The Morgan fingerprint density at radius 3 is 2.21 bits per heavy atom. The Labute approximate surface area is 89.7 Å². The Hall–Kier alpha value is 0.137. The van der Waals surface area contributed by atoms with Crippen molar-refractivity contribution in [2.75, 3.05) is 6.54 Å². The first-order valence-corrected chi connectivity index (χ1v) is 8.60. The number of hydroxylamine groups is 2. The van der Waals surface area contributed by atoms with Crippen LogP contribution in [0.4, 0.5) is 0 Å². The normalized spacial score (nSPS) is 25.7. The zero-order valence-corrected chi connectivity index (χ0v) is 11.6. The van der Waals surface area contributed by atoms with Crippen LogP contribution in [0.2, 0.25) is 18.1 Å². The first-order chi connectivity index (χ1) is 6.24. The molecule has 1 atom stereocenters. The molecule has 3 heteroatoms. The zero-order valence-electron chi connectivity index (χ0n) is 10.6. The van der Waals surface area contributed by atoms with Crippen LogP contribution in [0.15, 0.2) is 0 Å². The number of nitrogens with zero attached hydrogens (tertiary/aromatic N) is 1. The van der Waals surface area contributed by atoms with E-state index in [0.29, 0.717) is 11.1 Å². The molecule has 0 N–H and O–H groups in total. The van der Waals surface area contributed by atoms with E-state index in [9.17, 15) is 0 Å². The molecule has 2 nitrogen and oxygen atoms in total. The van der Waals surface area contributed by atoms with Crippen molar-refractivity contribution in [2.45, 2.75) is 64.7 Å². The van der Waals surface area contributed by atoms with Crippen LogP contribution in [0.25, 0.3) is 0 Å². The second kappa shape index (κ2) is 3.95. The monoisotopic (exact) mass is 215 g/mol. The maximum atomic E-state index is 6.25. The van der Waals surface area contributed by atoms with Gasteiger partial charge in [0.1, 0.15) is 0 Å². The average molecular weight is 215 g/mol. The molecule has 1 heterocycles. The molecule has 14 heavy (non-hydrogen) atoms. The molecule has 1 saturated heterocycles. The molecule has 0 radical (unpaired) electrons. The van der Waals surface area contributed by atoms with Crippen LogP contribution in [0.3, 0.4) is 0 Å². The lowest BCUT2D eigenvalue weighted by molar-refractivity contribution is -0.0795. The van der Waals surface area contributed by atoms with Crippen LogP contribution < -0.4 is 0 Å². The van der Waals surface area contributed by atoms with E-state index in [1.165, 1.54) is 12.8 Å². The lowest BCUT2D eigenvalue weighted by Crippen LogP contribution is -2.47. The Bertz CT molecular complexity index is 198. The van der Waals surface area contributed by atoms with Crippen molar-refractivity contribution in [2.24, 2.45) is 0 Å². The second-order valence-corrected chi connectivity index (χ2v) is 10.7. The molecule has 1 unspecified atom stereocenters. The standard InChI is InChI=1S/C11H25NOSi/c1-10-8-7-9-12(10)13-14(5,6)11(2,3)4/h10H,7-9H2,1-6H3. The Balaban J connectivity index is 2.58. The molecular weight excluding hydrogens is 190 g/mol. The molecule has 1 rings (SSSR count). The highest BCUT2D eigenvalue weighted by atomic mass is 28.4. The maximum Gasteiger partial charge on any atom is 0.220 e. The summed E-state index contributed by atoms with van der Waals surface area (Å²) in [5, 5.41) is 2.53. The predicted molar refractivity (Wildman–Crippen MR) is 63.7 cm³/mol. The molecule has 0 aliphatic carbocycles. The minimum absolute atomic E-state index is 0.315. The Morgan fingerprint density at radius 2 is 1.86 bits per heavy atom. The van der Waals surface area contributed by atoms with Gasteiger partial charge in [0.15, 0.2) is 0 Å². The van der Waals surface area contributed by atoms with Gasteiger partial charge < -0.3 is 4.53 Å². The first kappa shape index (κ1) is 12.2. The molecule has 84 valence electrons. The lowest BCUT2D eigenvalue weighted by atomic mass is 10.2. The molecule has 0 saturated carbocycles. The van der Waals surface area contributed by atoms with E-state index in [1.807, 2.05) is 0 Å². The van der Waals surface area contributed by atoms with Crippen LogP contribution in [0, 0.1) is 0 Å². The quantitative estimate of drug-likeness (QED) is 0.655. The molecule has 0 aromatic rings. The van der Waals surface area contributed by atoms with Crippen LogP contribution in [0.1, 0.15) is 40.5 Å². The Morgan fingerprint density at radius 1 is 1.29 bits per heavy atom. The van der Waals surface area contributed by atoms with Gasteiger partial charge in [0.2, 0.25) is 8.32 Å². The summed E-state index contributed by atoms with van der Waals surface area (Å²) >= 11 is 0. The highest BCUT2D eigenvalue weighted by Crippen LogP contribution is 2.38. The highest BCUT2D eigenvalue weighted by molar-refractivity contribution is 6.74. The minimum atomic E-state index is -1.59. The molecule has 0 aromatic heterocycles. The molecule has 1 aliphatic heterocycles. The van der Waals surface area contributed by atoms with Crippen molar-refractivity contribution in [3.8, 4) is 0 Å². The van der Waals surface area contributed by atoms with Gasteiger partial charge in [-0.3, -0.25) is 0 Å². The molecule has 0 bridgehead atoms. The van der Waals surface area contributed by atoms with Crippen molar-refractivity contribution >= 4 is 8.32 Å². The largest absolute Gasteiger partial charge is 0.342 e. The molecule has 1 fully saturated rings. The summed E-state index contributed by atoms with van der Waals surface area (Å²) in [6, 6.07) is 0.615. The zero-order chi connectivity index (χ0) is 11.0. The summed E-state index contributed by atoms with van der Waals surface area (Å²) in [5.41, 5.74) is 0. The van der Waals surface area contributed by atoms with Crippen LogP contribution in [-0.4, -0.2) is 26.0 Å². The van der Waals surface area contributed by atoms with E-state index >= 15 is 0 Å². The lowest BCUT2D eigenvalue weighted by Gasteiger charge is -2.39. The van der Waals surface area contributed by atoms with Crippen molar-refractivity contribution in [3.05, 3.63) is 0 Å². The van der Waals surface area contributed by atoms with Crippen molar-refractivity contribution < 1.29 is 4.53 Å². The van der Waals surface area contributed by atoms with Crippen molar-refractivity contribution in [3.63, 3.8) is 0 Å². The van der Waals surface area contributed by atoms with Gasteiger partial charge in [0.05, 0.1) is 0 Å². The summed E-state index contributed by atoms with van der Waals surface area (Å²) in [7, 11) is -1.59. The van der Waals surface area contributed by atoms with Gasteiger partial charge in [-0.1, -0.05) is 20.8 Å². The van der Waals surface area contributed by atoms with Gasteiger partial charge in [0.25, 0.3) is 0 Å². The molecule has 0 aromatic carbocycles. The van der Waals surface area contributed by atoms with Crippen molar-refractivity contribution in [1.82, 2.24) is 5.06 Å². The predicted octanol–water partition coefficient (Wildman–Crippen LogP) is 3.41. The van der Waals surface area contributed by atoms with Gasteiger partial charge in [-0.25, -0.2) is 0 Å². The molecule has 0 amide bonds. The van der Waals surface area contributed by atoms with E-state index in [1.54, 1.807) is 0 Å². The molecule has 0 spiro atoms. The van der Waals surface area contributed by atoms with Gasteiger partial charge in [-0.2, -0.15) is 5.06 Å². The Kier molecular flexibility index (Phi) is 3.44. The SMILES string of the molecule is CC1CCCN1O[Si](C)(C)C(C)(C)C. The van der Waals surface area contributed by atoms with E-state index < -0.39 is 8.32 Å². The van der Waals surface area contributed by atoms with Gasteiger partial charge in [0, 0.05) is 12.6 Å². The van der Waals surface area contributed by atoms with Crippen molar-refractivity contribution in [1.29, 1.82) is 0 Å². The summed E-state index contributed by atoms with van der Waals surface area (Å²) in [6.45, 7) is 14.9. The van der Waals surface area contributed by atoms with Crippen LogP contribution >= 0.6 is 0 Å².